The first-order valence-corrected chi connectivity index (χ1v) is 9.89. The molecule has 1 aromatic carbocycles. The molecule has 4 amide bonds. The molecule has 7 heteroatoms. The molecule has 2 fully saturated rings. The lowest BCUT2D eigenvalue weighted by atomic mass is 10.0. The smallest absolute Gasteiger partial charge is 0.325 e. The van der Waals surface area contributed by atoms with Gasteiger partial charge in [-0.15, -0.1) is 11.3 Å². The van der Waals surface area contributed by atoms with E-state index in [0.29, 0.717) is 5.92 Å². The van der Waals surface area contributed by atoms with Crippen molar-refractivity contribution in [2.24, 2.45) is 5.92 Å². The van der Waals surface area contributed by atoms with E-state index in [-0.39, 0.29) is 18.5 Å². The van der Waals surface area contributed by atoms with Gasteiger partial charge in [-0.3, -0.25) is 14.5 Å². The molecule has 1 saturated heterocycles. The van der Waals surface area contributed by atoms with Crippen molar-refractivity contribution in [3.63, 3.8) is 0 Å². The zero-order chi connectivity index (χ0) is 19.0. The second kappa shape index (κ2) is 6.81. The van der Waals surface area contributed by atoms with Crippen LogP contribution in [-0.4, -0.2) is 29.3 Å². The Morgan fingerprint density at radius 3 is 2.63 bits per heavy atom. The van der Waals surface area contributed by atoms with Gasteiger partial charge >= 0.3 is 6.03 Å². The van der Waals surface area contributed by atoms with Gasteiger partial charge in [0.25, 0.3) is 5.91 Å². The fourth-order valence-corrected chi connectivity index (χ4v) is 4.33. The number of nitrogens with zero attached hydrogens (tertiary/aromatic N) is 1. The third kappa shape index (κ3) is 3.35. The number of thiophene rings is 1. The third-order valence-electron chi connectivity index (χ3n) is 5.16. The Hall–Kier alpha value is -2.67. The van der Waals surface area contributed by atoms with Crippen LogP contribution in [0.15, 0.2) is 47.8 Å². The number of hydrogen-bond acceptors (Lipinski definition) is 4. The Labute approximate surface area is 161 Å². The first kappa shape index (κ1) is 17.7. The maximum Gasteiger partial charge on any atom is 0.325 e. The number of rotatable bonds is 6. The summed E-state index contributed by atoms with van der Waals surface area (Å²) in [6, 6.07) is 12.8. The molecule has 2 atom stereocenters. The number of hydrogen-bond donors (Lipinski definition) is 2. The highest BCUT2D eigenvalue weighted by Gasteiger charge is 2.50. The Morgan fingerprint density at radius 1 is 1.26 bits per heavy atom. The van der Waals surface area contributed by atoms with Crippen molar-refractivity contribution in [2.45, 2.75) is 31.3 Å². The maximum atomic E-state index is 12.8. The molecule has 2 aliphatic rings. The van der Waals surface area contributed by atoms with Crippen LogP contribution in [0.5, 0.6) is 0 Å². The molecule has 0 radical (unpaired) electrons. The molecule has 1 aromatic heterocycles. The minimum Gasteiger partial charge on any atom is -0.347 e. The van der Waals surface area contributed by atoms with Crippen molar-refractivity contribution >= 4 is 29.2 Å². The SMILES string of the molecule is CC1(c2cccs2)NC(=O)N(CC(=O)NC(c2ccccc2)C2CC2)C1=O. The molecule has 2 heterocycles. The lowest BCUT2D eigenvalue weighted by Gasteiger charge is -2.22. The molecule has 140 valence electrons. The average Bonchev–Trinajstić information content (AvgIpc) is 3.30. The highest BCUT2D eigenvalue weighted by atomic mass is 32.1. The van der Waals surface area contributed by atoms with Gasteiger partial charge in [0.15, 0.2) is 5.54 Å². The van der Waals surface area contributed by atoms with E-state index in [4.69, 9.17) is 0 Å². The number of urea groups is 1. The van der Waals surface area contributed by atoms with E-state index in [2.05, 4.69) is 10.6 Å². The minimum atomic E-state index is -1.11. The summed E-state index contributed by atoms with van der Waals surface area (Å²) >= 11 is 1.40. The summed E-state index contributed by atoms with van der Waals surface area (Å²) in [5, 5.41) is 7.60. The largest absolute Gasteiger partial charge is 0.347 e. The summed E-state index contributed by atoms with van der Waals surface area (Å²) in [5.41, 5.74) is -0.0603. The Kier molecular flexibility index (Phi) is 4.47. The lowest BCUT2D eigenvalue weighted by molar-refractivity contribution is -0.135. The average molecular weight is 383 g/mol. The Morgan fingerprint density at radius 2 is 2.00 bits per heavy atom. The van der Waals surface area contributed by atoms with Crippen LogP contribution in [0.1, 0.15) is 36.2 Å². The summed E-state index contributed by atoms with van der Waals surface area (Å²) in [6.07, 6.45) is 2.14. The zero-order valence-corrected chi connectivity index (χ0v) is 15.8. The predicted octanol–water partition coefficient (Wildman–Crippen LogP) is 2.78. The minimum absolute atomic E-state index is 0.0804. The van der Waals surface area contributed by atoms with Gasteiger partial charge < -0.3 is 10.6 Å². The fraction of sp³-hybridized carbons (Fsp3) is 0.350. The number of amides is 4. The molecule has 0 bridgehead atoms. The van der Waals surface area contributed by atoms with E-state index >= 15 is 0 Å². The topological polar surface area (TPSA) is 78.5 Å². The van der Waals surface area contributed by atoms with Crippen molar-refractivity contribution in [3.05, 3.63) is 58.3 Å². The Bertz CT molecular complexity index is 864. The molecule has 1 aliphatic carbocycles. The molecular formula is C20H21N3O3S. The van der Waals surface area contributed by atoms with Crippen molar-refractivity contribution < 1.29 is 14.4 Å². The molecule has 1 saturated carbocycles. The predicted molar refractivity (Wildman–Crippen MR) is 102 cm³/mol. The first-order valence-electron chi connectivity index (χ1n) is 9.01. The van der Waals surface area contributed by atoms with Crippen molar-refractivity contribution in [1.82, 2.24) is 15.5 Å². The highest BCUT2D eigenvalue weighted by molar-refractivity contribution is 7.10. The van der Waals surface area contributed by atoms with E-state index in [9.17, 15) is 14.4 Å². The van der Waals surface area contributed by atoms with Crippen LogP contribution in [0.3, 0.4) is 0 Å². The molecule has 1 aliphatic heterocycles. The van der Waals surface area contributed by atoms with Crippen LogP contribution >= 0.6 is 11.3 Å². The maximum absolute atomic E-state index is 12.8. The monoisotopic (exact) mass is 383 g/mol. The molecule has 0 spiro atoms. The summed E-state index contributed by atoms with van der Waals surface area (Å²) < 4.78 is 0. The van der Waals surface area contributed by atoms with Gasteiger partial charge in [0, 0.05) is 4.88 Å². The molecule has 4 rings (SSSR count). The molecular weight excluding hydrogens is 362 g/mol. The third-order valence-corrected chi connectivity index (χ3v) is 6.25. The molecule has 6 nitrogen and oxygen atoms in total. The molecule has 27 heavy (non-hydrogen) atoms. The molecule has 2 unspecified atom stereocenters. The van der Waals surface area contributed by atoms with Gasteiger partial charge in [-0.1, -0.05) is 36.4 Å². The summed E-state index contributed by atoms with van der Waals surface area (Å²) in [5.74, 6) is -0.307. The summed E-state index contributed by atoms with van der Waals surface area (Å²) in [7, 11) is 0. The summed E-state index contributed by atoms with van der Waals surface area (Å²) in [4.78, 5) is 39.6. The Balaban J connectivity index is 1.46. The second-order valence-electron chi connectivity index (χ2n) is 7.22. The van der Waals surface area contributed by atoms with Gasteiger partial charge in [0.2, 0.25) is 5.91 Å². The van der Waals surface area contributed by atoms with Gasteiger partial charge in [-0.2, -0.15) is 0 Å². The number of carbonyl (C=O) groups is 3. The van der Waals surface area contributed by atoms with E-state index in [1.807, 2.05) is 47.8 Å². The summed E-state index contributed by atoms with van der Waals surface area (Å²) in [6.45, 7) is 1.40. The normalized spacial score (nSPS) is 23.2. The second-order valence-corrected chi connectivity index (χ2v) is 8.16. The van der Waals surface area contributed by atoms with Crippen LogP contribution in [0.25, 0.3) is 0 Å². The first-order chi connectivity index (χ1) is 13.0. The van der Waals surface area contributed by atoms with Gasteiger partial charge in [0.1, 0.15) is 6.54 Å². The van der Waals surface area contributed by atoms with Crippen molar-refractivity contribution in [1.29, 1.82) is 0 Å². The lowest BCUT2D eigenvalue weighted by Crippen LogP contribution is -2.43. The van der Waals surface area contributed by atoms with Gasteiger partial charge in [0.05, 0.1) is 6.04 Å². The van der Waals surface area contributed by atoms with Crippen LogP contribution in [0, 0.1) is 5.92 Å². The van der Waals surface area contributed by atoms with E-state index in [1.54, 1.807) is 6.92 Å². The van der Waals surface area contributed by atoms with Crippen LogP contribution in [0.2, 0.25) is 0 Å². The van der Waals surface area contributed by atoms with E-state index in [0.717, 1.165) is 28.2 Å². The highest BCUT2D eigenvalue weighted by Crippen LogP contribution is 2.41. The van der Waals surface area contributed by atoms with E-state index < -0.39 is 17.5 Å². The number of nitrogens with one attached hydrogen (secondary N) is 2. The quantitative estimate of drug-likeness (QED) is 0.753. The fourth-order valence-electron chi connectivity index (χ4n) is 3.50. The van der Waals surface area contributed by atoms with Crippen molar-refractivity contribution in [2.75, 3.05) is 6.54 Å². The zero-order valence-electron chi connectivity index (χ0n) is 15.0. The van der Waals surface area contributed by atoms with Gasteiger partial charge in [-0.25, -0.2) is 4.79 Å². The van der Waals surface area contributed by atoms with Crippen LogP contribution in [0.4, 0.5) is 4.79 Å². The van der Waals surface area contributed by atoms with Crippen LogP contribution < -0.4 is 10.6 Å². The molecule has 2 aromatic rings. The standard InChI is InChI=1S/C20H21N3O3S/c1-20(15-8-5-11-27-15)18(25)23(19(26)22-20)12-16(24)21-17(14-9-10-14)13-6-3-2-4-7-13/h2-8,11,14,17H,9-10,12H2,1H3,(H,21,24)(H,22,26). The number of benzene rings is 1. The van der Waals surface area contributed by atoms with Crippen LogP contribution in [-0.2, 0) is 15.1 Å². The van der Waals surface area contributed by atoms with E-state index in [1.165, 1.54) is 11.3 Å². The van der Waals surface area contributed by atoms with Gasteiger partial charge in [-0.05, 0) is 42.7 Å². The number of imide groups is 1. The number of carbonyl (C=O) groups excluding carboxylic acids is 3. The van der Waals surface area contributed by atoms with Crippen molar-refractivity contribution in [3.8, 4) is 0 Å². The molecule has 2 N–H and O–H groups in total.